The lowest BCUT2D eigenvalue weighted by Crippen LogP contribution is -2.32. The van der Waals surface area contributed by atoms with E-state index in [0.717, 1.165) is 11.1 Å². The quantitative estimate of drug-likeness (QED) is 0.875. The Bertz CT molecular complexity index is 796. The molecule has 0 spiro atoms. The van der Waals surface area contributed by atoms with Gasteiger partial charge in [-0.15, -0.1) is 0 Å². The Morgan fingerprint density at radius 3 is 2.69 bits per heavy atom. The summed E-state index contributed by atoms with van der Waals surface area (Å²) in [7, 11) is 0. The Morgan fingerprint density at radius 1 is 1.35 bits per heavy atom. The Morgan fingerprint density at radius 2 is 2.04 bits per heavy atom. The third-order valence-corrected chi connectivity index (χ3v) is 4.53. The van der Waals surface area contributed by atoms with Crippen LogP contribution in [0.3, 0.4) is 0 Å². The fourth-order valence-corrected chi connectivity index (χ4v) is 3.13. The highest BCUT2D eigenvalue weighted by Crippen LogP contribution is 2.33. The van der Waals surface area contributed by atoms with Crippen molar-refractivity contribution in [2.45, 2.75) is 45.6 Å². The van der Waals surface area contributed by atoms with E-state index in [0.29, 0.717) is 12.2 Å². The van der Waals surface area contributed by atoms with Gasteiger partial charge in [-0.3, -0.25) is 9.48 Å². The second kappa shape index (κ2) is 7.11. The minimum atomic E-state index is -4.52. The Kier molecular flexibility index (Phi) is 5.04. The summed E-state index contributed by atoms with van der Waals surface area (Å²) in [5.41, 5.74) is 1.79. The molecule has 140 valence electrons. The van der Waals surface area contributed by atoms with E-state index in [1.165, 1.54) is 4.68 Å². The summed E-state index contributed by atoms with van der Waals surface area (Å²) < 4.78 is 40.7. The lowest BCUT2D eigenvalue weighted by molar-refractivity contribution is -0.142. The molecule has 3 rings (SSSR count). The van der Waals surface area contributed by atoms with Gasteiger partial charge in [0.2, 0.25) is 5.91 Å². The number of aryl methyl sites for hydroxylation is 1. The number of carbonyl (C=O) groups is 1. The van der Waals surface area contributed by atoms with E-state index in [4.69, 9.17) is 0 Å². The molecular formula is C18H21F3N4O. The zero-order chi connectivity index (χ0) is 18.9. The van der Waals surface area contributed by atoms with Crippen LogP contribution in [0, 0.1) is 6.92 Å². The molecule has 1 amide bonds. The number of hydrogen-bond donors (Lipinski definition) is 2. The summed E-state index contributed by atoms with van der Waals surface area (Å²) >= 11 is 0. The number of nitrogens with one attached hydrogen (secondary N) is 2. The van der Waals surface area contributed by atoms with Gasteiger partial charge in [0.05, 0.1) is 11.7 Å². The standard InChI is InChI=1S/C18H21F3N4O/c1-11-3-5-13(6-4-11)12(2)23-16(26)10-25-15-9-22-8-7-14(15)17(24-25)18(19,20)21/h3-6,12,22H,7-10H2,1-2H3,(H,23,26). The molecule has 1 atom stereocenters. The Balaban J connectivity index is 1.75. The number of benzene rings is 1. The van der Waals surface area contributed by atoms with E-state index in [-0.39, 0.29) is 37.0 Å². The minimum absolute atomic E-state index is 0.190. The lowest BCUT2D eigenvalue weighted by atomic mass is 10.1. The average molecular weight is 366 g/mol. The van der Waals surface area contributed by atoms with Gasteiger partial charge in [0.1, 0.15) is 6.54 Å². The van der Waals surface area contributed by atoms with E-state index in [2.05, 4.69) is 15.7 Å². The van der Waals surface area contributed by atoms with Gasteiger partial charge in [0, 0.05) is 12.1 Å². The van der Waals surface area contributed by atoms with Crippen molar-refractivity contribution < 1.29 is 18.0 Å². The summed E-state index contributed by atoms with van der Waals surface area (Å²) in [5, 5.41) is 9.53. The lowest BCUT2D eigenvalue weighted by Gasteiger charge is -2.17. The van der Waals surface area contributed by atoms with Crippen LogP contribution in [0.25, 0.3) is 0 Å². The predicted octanol–water partition coefficient (Wildman–Crippen LogP) is 2.73. The van der Waals surface area contributed by atoms with Gasteiger partial charge >= 0.3 is 6.18 Å². The van der Waals surface area contributed by atoms with Crippen molar-refractivity contribution in [2.75, 3.05) is 6.54 Å². The fraction of sp³-hybridized carbons (Fsp3) is 0.444. The molecule has 2 heterocycles. The summed E-state index contributed by atoms with van der Waals surface area (Å²) in [5.74, 6) is -0.373. The van der Waals surface area contributed by atoms with Crippen LogP contribution in [-0.2, 0) is 30.5 Å². The molecule has 1 unspecified atom stereocenters. The van der Waals surface area contributed by atoms with Crippen molar-refractivity contribution in [3.63, 3.8) is 0 Å². The number of hydrogen-bond acceptors (Lipinski definition) is 3. The SMILES string of the molecule is Cc1ccc(C(C)NC(=O)Cn2nc(C(F)(F)F)c3c2CNCC3)cc1. The summed E-state index contributed by atoms with van der Waals surface area (Å²) in [6, 6.07) is 7.49. The van der Waals surface area contributed by atoms with E-state index in [1.807, 2.05) is 38.1 Å². The Hall–Kier alpha value is -2.35. The van der Waals surface area contributed by atoms with Crippen molar-refractivity contribution in [1.82, 2.24) is 20.4 Å². The van der Waals surface area contributed by atoms with Crippen molar-refractivity contribution in [1.29, 1.82) is 0 Å². The topological polar surface area (TPSA) is 59.0 Å². The van der Waals surface area contributed by atoms with Gasteiger partial charge in [-0.2, -0.15) is 18.3 Å². The molecule has 0 bridgehead atoms. The van der Waals surface area contributed by atoms with Crippen LogP contribution in [0.15, 0.2) is 24.3 Å². The molecule has 0 saturated carbocycles. The maximum Gasteiger partial charge on any atom is 0.435 e. The molecule has 5 nitrogen and oxygen atoms in total. The van der Waals surface area contributed by atoms with Gasteiger partial charge < -0.3 is 10.6 Å². The normalized spacial score (nSPS) is 15.4. The zero-order valence-electron chi connectivity index (χ0n) is 14.7. The van der Waals surface area contributed by atoms with E-state index in [1.54, 1.807) is 0 Å². The largest absolute Gasteiger partial charge is 0.435 e. The molecule has 8 heteroatoms. The van der Waals surface area contributed by atoms with Crippen molar-refractivity contribution in [2.24, 2.45) is 0 Å². The molecule has 0 fully saturated rings. The van der Waals surface area contributed by atoms with Gasteiger partial charge in [0.15, 0.2) is 5.69 Å². The molecule has 1 aromatic carbocycles. The van der Waals surface area contributed by atoms with E-state index >= 15 is 0 Å². The molecule has 1 aliphatic heterocycles. The average Bonchev–Trinajstić information content (AvgIpc) is 2.94. The number of amides is 1. The minimum Gasteiger partial charge on any atom is -0.348 e. The highest BCUT2D eigenvalue weighted by molar-refractivity contribution is 5.76. The second-order valence-electron chi connectivity index (χ2n) is 6.56. The number of fused-ring (bicyclic) bond motifs is 1. The molecule has 2 N–H and O–H groups in total. The first-order chi connectivity index (χ1) is 12.3. The molecule has 26 heavy (non-hydrogen) atoms. The highest BCUT2D eigenvalue weighted by atomic mass is 19.4. The molecule has 2 aromatic rings. The molecule has 0 saturated heterocycles. The molecule has 1 aromatic heterocycles. The second-order valence-corrected chi connectivity index (χ2v) is 6.56. The zero-order valence-corrected chi connectivity index (χ0v) is 14.7. The number of alkyl halides is 3. The third-order valence-electron chi connectivity index (χ3n) is 4.53. The van der Waals surface area contributed by atoms with Crippen LogP contribution < -0.4 is 10.6 Å². The monoisotopic (exact) mass is 366 g/mol. The predicted molar refractivity (Wildman–Crippen MR) is 90.4 cm³/mol. The van der Waals surface area contributed by atoms with Crippen molar-refractivity contribution in [3.8, 4) is 0 Å². The number of nitrogens with zero attached hydrogens (tertiary/aromatic N) is 2. The first kappa shape index (κ1) is 18.4. The number of halogens is 3. The summed E-state index contributed by atoms with van der Waals surface area (Å²) in [4.78, 5) is 12.3. The maximum absolute atomic E-state index is 13.2. The van der Waals surface area contributed by atoms with Crippen molar-refractivity contribution >= 4 is 5.91 Å². The van der Waals surface area contributed by atoms with E-state index in [9.17, 15) is 18.0 Å². The summed E-state index contributed by atoms with van der Waals surface area (Å²) in [6.45, 7) is 4.32. The number of aromatic nitrogens is 2. The van der Waals surface area contributed by atoms with E-state index < -0.39 is 11.9 Å². The molecule has 0 aliphatic carbocycles. The van der Waals surface area contributed by atoms with Gasteiger partial charge in [-0.1, -0.05) is 29.8 Å². The molecule has 0 radical (unpaired) electrons. The molecule has 1 aliphatic rings. The first-order valence-corrected chi connectivity index (χ1v) is 8.48. The highest BCUT2D eigenvalue weighted by Gasteiger charge is 2.39. The van der Waals surface area contributed by atoms with Crippen molar-refractivity contribution in [3.05, 3.63) is 52.3 Å². The number of rotatable bonds is 4. The van der Waals surface area contributed by atoms with Crippen LogP contribution >= 0.6 is 0 Å². The number of carbonyl (C=O) groups excluding carboxylic acids is 1. The smallest absolute Gasteiger partial charge is 0.348 e. The van der Waals surface area contributed by atoms with Gasteiger partial charge in [-0.25, -0.2) is 0 Å². The third kappa shape index (κ3) is 3.90. The Labute approximate surface area is 149 Å². The summed E-state index contributed by atoms with van der Waals surface area (Å²) in [6.07, 6.45) is -4.26. The maximum atomic E-state index is 13.2. The molecular weight excluding hydrogens is 345 g/mol. The van der Waals surface area contributed by atoms with Crippen LogP contribution in [0.1, 0.15) is 41.0 Å². The van der Waals surface area contributed by atoms with Crippen LogP contribution in [-0.4, -0.2) is 22.2 Å². The van der Waals surface area contributed by atoms with Crippen LogP contribution in [0.5, 0.6) is 0 Å². The van der Waals surface area contributed by atoms with Crippen LogP contribution in [0.4, 0.5) is 13.2 Å². The van der Waals surface area contributed by atoms with Crippen LogP contribution in [0.2, 0.25) is 0 Å². The van der Waals surface area contributed by atoms with Gasteiger partial charge in [-0.05, 0) is 32.4 Å². The van der Waals surface area contributed by atoms with Gasteiger partial charge in [0.25, 0.3) is 0 Å². The first-order valence-electron chi connectivity index (χ1n) is 8.48. The fourth-order valence-electron chi connectivity index (χ4n) is 3.13.